The molecule has 1 heterocycles. The van der Waals surface area contributed by atoms with Gasteiger partial charge in [-0.1, -0.05) is 36.4 Å². The molecular weight excluding hydrogens is 356 g/mol. The number of aromatic nitrogens is 1. The summed E-state index contributed by atoms with van der Waals surface area (Å²) < 4.78 is 5.72. The van der Waals surface area contributed by atoms with Crippen molar-refractivity contribution >= 4 is 18.0 Å². The number of pyridine rings is 1. The molecule has 2 N–H and O–H groups in total. The van der Waals surface area contributed by atoms with E-state index in [0.29, 0.717) is 22.8 Å². The third-order valence-corrected chi connectivity index (χ3v) is 3.88. The highest BCUT2D eigenvalue weighted by atomic mass is 16.5. The largest absolute Gasteiger partial charge is 0.477 e. The third-order valence-electron chi connectivity index (χ3n) is 3.88. The number of carbonyl (C=O) groups excluding carboxylic acids is 1. The molecule has 1 aromatic heterocycles. The molecule has 0 spiro atoms. The number of nitrogens with zero attached hydrogens (tertiary/aromatic N) is 1. The summed E-state index contributed by atoms with van der Waals surface area (Å²) in [5.74, 6) is -0.634. The molecule has 0 fully saturated rings. The zero-order valence-electron chi connectivity index (χ0n) is 15.1. The van der Waals surface area contributed by atoms with Crippen LogP contribution in [0.3, 0.4) is 0 Å². The van der Waals surface area contributed by atoms with Gasteiger partial charge in [0.05, 0.1) is 0 Å². The fourth-order valence-corrected chi connectivity index (χ4v) is 2.42. The molecular formula is C22H18N2O4. The van der Waals surface area contributed by atoms with Gasteiger partial charge in [0.15, 0.2) is 0 Å². The Morgan fingerprint density at radius 2 is 1.71 bits per heavy atom. The molecule has 140 valence electrons. The van der Waals surface area contributed by atoms with Crippen molar-refractivity contribution in [3.05, 3.63) is 95.3 Å². The summed E-state index contributed by atoms with van der Waals surface area (Å²) in [5.41, 5.74) is 1.67. The summed E-state index contributed by atoms with van der Waals surface area (Å²) >= 11 is 0. The molecule has 28 heavy (non-hydrogen) atoms. The molecule has 0 unspecified atom stereocenters. The Morgan fingerprint density at radius 1 is 1.00 bits per heavy atom. The van der Waals surface area contributed by atoms with Gasteiger partial charge in [0.2, 0.25) is 5.88 Å². The summed E-state index contributed by atoms with van der Waals surface area (Å²) in [7, 11) is 0. The van der Waals surface area contributed by atoms with Crippen LogP contribution in [0.4, 0.5) is 0 Å². The van der Waals surface area contributed by atoms with E-state index >= 15 is 0 Å². The van der Waals surface area contributed by atoms with E-state index in [0.717, 1.165) is 5.56 Å². The Labute approximate surface area is 162 Å². The van der Waals surface area contributed by atoms with Gasteiger partial charge in [0.25, 0.3) is 5.91 Å². The molecule has 0 atom stereocenters. The lowest BCUT2D eigenvalue weighted by Gasteiger charge is -2.08. The molecule has 0 saturated heterocycles. The average Bonchev–Trinajstić information content (AvgIpc) is 2.71. The minimum Gasteiger partial charge on any atom is -0.477 e. The van der Waals surface area contributed by atoms with Crippen LogP contribution < -0.4 is 10.1 Å². The van der Waals surface area contributed by atoms with Gasteiger partial charge < -0.3 is 15.2 Å². The summed E-state index contributed by atoms with van der Waals surface area (Å²) in [6.45, 7) is 1.90. The second-order valence-electron chi connectivity index (χ2n) is 5.98. The number of carbonyl (C=O) groups is 2. The van der Waals surface area contributed by atoms with Crippen LogP contribution in [0.2, 0.25) is 0 Å². The molecule has 1 amide bonds. The van der Waals surface area contributed by atoms with E-state index in [-0.39, 0.29) is 5.70 Å². The summed E-state index contributed by atoms with van der Waals surface area (Å²) in [4.78, 5) is 27.9. The first kappa shape index (κ1) is 18.8. The van der Waals surface area contributed by atoms with Crippen molar-refractivity contribution < 1.29 is 19.4 Å². The van der Waals surface area contributed by atoms with Crippen LogP contribution in [0.15, 0.2) is 78.6 Å². The van der Waals surface area contributed by atoms with E-state index in [1.165, 1.54) is 6.08 Å². The van der Waals surface area contributed by atoms with Crippen molar-refractivity contribution in [2.24, 2.45) is 0 Å². The Kier molecular flexibility index (Phi) is 5.81. The van der Waals surface area contributed by atoms with E-state index in [1.807, 2.05) is 19.1 Å². The predicted octanol–water partition coefficient (Wildman–Crippen LogP) is 4.04. The van der Waals surface area contributed by atoms with E-state index < -0.39 is 11.9 Å². The molecule has 3 aromatic rings. The van der Waals surface area contributed by atoms with Crippen molar-refractivity contribution in [2.75, 3.05) is 0 Å². The molecule has 3 rings (SSSR count). The molecule has 0 bridgehead atoms. The maximum Gasteiger partial charge on any atom is 0.352 e. The number of ether oxygens (including phenoxy) is 1. The number of hydrogen-bond acceptors (Lipinski definition) is 4. The minimum absolute atomic E-state index is 0.219. The number of carboxylic acids is 1. The second-order valence-corrected chi connectivity index (χ2v) is 5.98. The smallest absolute Gasteiger partial charge is 0.352 e. The third kappa shape index (κ3) is 4.82. The van der Waals surface area contributed by atoms with Gasteiger partial charge in [-0.15, -0.1) is 0 Å². The minimum atomic E-state index is -1.23. The van der Waals surface area contributed by atoms with Crippen LogP contribution in [0.5, 0.6) is 11.6 Å². The van der Waals surface area contributed by atoms with E-state index in [9.17, 15) is 14.7 Å². The highest BCUT2D eigenvalue weighted by molar-refractivity contribution is 6.02. The summed E-state index contributed by atoms with van der Waals surface area (Å²) in [6.07, 6.45) is 3.03. The molecule has 0 radical (unpaired) electrons. The van der Waals surface area contributed by atoms with Crippen molar-refractivity contribution in [3.63, 3.8) is 0 Å². The van der Waals surface area contributed by atoms with Crippen LogP contribution in [0, 0.1) is 6.92 Å². The normalized spacial score (nSPS) is 11.0. The number of carboxylic acid groups (broad SMARTS) is 1. The fraction of sp³-hybridized carbons (Fsp3) is 0.0455. The van der Waals surface area contributed by atoms with Gasteiger partial charge in [0, 0.05) is 17.3 Å². The van der Waals surface area contributed by atoms with E-state index in [1.54, 1.807) is 60.8 Å². The molecule has 6 heteroatoms. The molecule has 0 aliphatic carbocycles. The second kappa shape index (κ2) is 8.64. The first-order valence-electron chi connectivity index (χ1n) is 8.54. The molecule has 2 aromatic carbocycles. The topological polar surface area (TPSA) is 88.5 Å². The first-order valence-corrected chi connectivity index (χ1v) is 8.54. The molecule has 0 aliphatic heterocycles. The number of amides is 1. The van der Waals surface area contributed by atoms with Crippen molar-refractivity contribution in [3.8, 4) is 11.6 Å². The summed E-state index contributed by atoms with van der Waals surface area (Å²) in [5, 5.41) is 11.8. The zero-order chi connectivity index (χ0) is 19.9. The number of aryl methyl sites for hydroxylation is 1. The van der Waals surface area contributed by atoms with Gasteiger partial charge in [-0.05, 0) is 48.9 Å². The number of nitrogens with one attached hydrogen (secondary N) is 1. The molecule has 6 nitrogen and oxygen atoms in total. The van der Waals surface area contributed by atoms with Crippen molar-refractivity contribution in [2.45, 2.75) is 6.92 Å². The monoisotopic (exact) mass is 374 g/mol. The molecule has 0 aliphatic rings. The lowest BCUT2D eigenvalue weighted by molar-refractivity contribution is -0.132. The number of hydrogen-bond donors (Lipinski definition) is 2. The SMILES string of the molecule is Cc1cccnc1Oc1ccc(/C=C(\NC(=O)c2ccccc2)C(=O)O)cc1. The van der Waals surface area contributed by atoms with Gasteiger partial charge >= 0.3 is 5.97 Å². The maximum atomic E-state index is 12.2. The number of benzene rings is 2. The Balaban J connectivity index is 1.75. The lowest BCUT2D eigenvalue weighted by Crippen LogP contribution is -2.27. The van der Waals surface area contributed by atoms with Crippen molar-refractivity contribution in [1.29, 1.82) is 0 Å². The van der Waals surface area contributed by atoms with Gasteiger partial charge in [-0.25, -0.2) is 9.78 Å². The summed E-state index contributed by atoms with van der Waals surface area (Å²) in [6, 6.07) is 19.0. The highest BCUT2D eigenvalue weighted by Gasteiger charge is 2.13. The van der Waals surface area contributed by atoms with Crippen LogP contribution in [-0.4, -0.2) is 22.0 Å². The van der Waals surface area contributed by atoms with Gasteiger partial charge in [-0.3, -0.25) is 4.79 Å². The van der Waals surface area contributed by atoms with E-state index in [4.69, 9.17) is 4.74 Å². The zero-order valence-corrected chi connectivity index (χ0v) is 15.1. The highest BCUT2D eigenvalue weighted by Crippen LogP contribution is 2.23. The Morgan fingerprint density at radius 3 is 2.36 bits per heavy atom. The van der Waals surface area contributed by atoms with Gasteiger partial charge in [0.1, 0.15) is 11.4 Å². The quantitative estimate of drug-likeness (QED) is 0.636. The molecule has 0 saturated carbocycles. The fourth-order valence-electron chi connectivity index (χ4n) is 2.42. The Hall–Kier alpha value is -3.93. The lowest BCUT2D eigenvalue weighted by atomic mass is 10.1. The van der Waals surface area contributed by atoms with Crippen LogP contribution in [0.1, 0.15) is 21.5 Å². The van der Waals surface area contributed by atoms with Gasteiger partial charge in [-0.2, -0.15) is 0 Å². The van der Waals surface area contributed by atoms with Crippen LogP contribution in [-0.2, 0) is 4.79 Å². The first-order chi connectivity index (χ1) is 13.5. The van der Waals surface area contributed by atoms with Crippen molar-refractivity contribution in [1.82, 2.24) is 10.3 Å². The average molecular weight is 374 g/mol. The standard InChI is InChI=1S/C22H18N2O4/c1-15-6-5-13-23-21(15)28-18-11-9-16(10-12-18)14-19(22(26)27)24-20(25)17-7-3-2-4-8-17/h2-14H,1H3,(H,24,25)(H,26,27)/b19-14-. The van der Waals surface area contributed by atoms with Crippen LogP contribution >= 0.6 is 0 Å². The van der Waals surface area contributed by atoms with Crippen LogP contribution in [0.25, 0.3) is 6.08 Å². The number of aliphatic carboxylic acids is 1. The number of rotatable bonds is 6. The maximum absolute atomic E-state index is 12.2. The predicted molar refractivity (Wildman–Crippen MR) is 105 cm³/mol. The van der Waals surface area contributed by atoms with E-state index in [2.05, 4.69) is 10.3 Å². The Bertz CT molecular complexity index is 1010.